The summed E-state index contributed by atoms with van der Waals surface area (Å²) in [7, 11) is 0. The van der Waals surface area contributed by atoms with Crippen molar-refractivity contribution in [2.75, 3.05) is 13.2 Å². The fourth-order valence-electron chi connectivity index (χ4n) is 4.04. The van der Waals surface area contributed by atoms with E-state index in [0.717, 1.165) is 44.5 Å². The quantitative estimate of drug-likeness (QED) is 0.855. The van der Waals surface area contributed by atoms with E-state index < -0.39 is 0 Å². The number of ether oxygens (including phenoxy) is 1. The Kier molecular flexibility index (Phi) is 4.70. The van der Waals surface area contributed by atoms with Crippen molar-refractivity contribution >= 4 is 11.8 Å². The highest BCUT2D eigenvalue weighted by molar-refractivity contribution is 5.83. The largest absolute Gasteiger partial charge is 0.381 e. The Bertz CT molecular complexity index is 626. The number of hydrogen-bond acceptors (Lipinski definition) is 4. The molecule has 25 heavy (non-hydrogen) atoms. The second-order valence-corrected chi connectivity index (χ2v) is 7.41. The van der Waals surface area contributed by atoms with E-state index in [4.69, 9.17) is 4.74 Å². The first-order valence-corrected chi connectivity index (χ1v) is 9.30. The molecule has 1 N–H and O–H groups in total. The summed E-state index contributed by atoms with van der Waals surface area (Å²) >= 11 is 0. The molecule has 4 rings (SSSR count). The Morgan fingerprint density at radius 3 is 2.92 bits per heavy atom. The molecule has 6 heteroatoms. The van der Waals surface area contributed by atoms with Crippen LogP contribution < -0.4 is 5.32 Å². The smallest absolute Gasteiger partial charge is 0.225 e. The van der Waals surface area contributed by atoms with Gasteiger partial charge in [0.25, 0.3) is 0 Å². The molecule has 0 unspecified atom stereocenters. The Morgan fingerprint density at radius 2 is 2.24 bits per heavy atom. The Morgan fingerprint density at radius 1 is 1.36 bits per heavy atom. The number of nitrogens with one attached hydrogen (secondary N) is 1. The van der Waals surface area contributed by atoms with Gasteiger partial charge in [-0.05, 0) is 43.2 Å². The number of aromatic nitrogens is 1. The van der Waals surface area contributed by atoms with Gasteiger partial charge in [0.15, 0.2) is 0 Å². The molecule has 0 spiro atoms. The van der Waals surface area contributed by atoms with Crippen LogP contribution in [0.1, 0.15) is 50.1 Å². The van der Waals surface area contributed by atoms with E-state index in [9.17, 15) is 9.59 Å². The number of amides is 2. The molecule has 2 amide bonds. The third-order valence-corrected chi connectivity index (χ3v) is 5.48. The molecule has 134 valence electrons. The number of carbonyl (C=O) groups is 2. The van der Waals surface area contributed by atoms with Crippen LogP contribution in [0.3, 0.4) is 0 Å². The van der Waals surface area contributed by atoms with Crippen LogP contribution in [-0.4, -0.2) is 47.0 Å². The fourth-order valence-corrected chi connectivity index (χ4v) is 4.04. The zero-order valence-corrected chi connectivity index (χ0v) is 14.4. The van der Waals surface area contributed by atoms with E-state index in [2.05, 4.69) is 10.3 Å². The molecular weight excluding hydrogens is 318 g/mol. The van der Waals surface area contributed by atoms with Crippen molar-refractivity contribution in [2.24, 2.45) is 5.92 Å². The predicted molar refractivity (Wildman–Crippen MR) is 91.6 cm³/mol. The molecule has 3 fully saturated rings. The minimum atomic E-state index is -0.162. The monoisotopic (exact) mass is 343 g/mol. The maximum absolute atomic E-state index is 12.5. The zero-order valence-electron chi connectivity index (χ0n) is 14.4. The van der Waals surface area contributed by atoms with Gasteiger partial charge in [0.05, 0.1) is 12.1 Å². The summed E-state index contributed by atoms with van der Waals surface area (Å²) in [6.45, 7) is 1.58. The van der Waals surface area contributed by atoms with Gasteiger partial charge in [0, 0.05) is 44.5 Å². The van der Waals surface area contributed by atoms with Crippen molar-refractivity contribution in [3.63, 3.8) is 0 Å². The van der Waals surface area contributed by atoms with Gasteiger partial charge in [0.2, 0.25) is 11.8 Å². The summed E-state index contributed by atoms with van der Waals surface area (Å²) in [5.41, 5.74) is 1.01. The van der Waals surface area contributed by atoms with Crippen LogP contribution in [-0.2, 0) is 14.3 Å². The molecule has 3 heterocycles. The topological polar surface area (TPSA) is 71.5 Å². The molecule has 3 aliphatic rings. The first kappa shape index (κ1) is 16.5. The molecule has 1 aromatic rings. The van der Waals surface area contributed by atoms with Gasteiger partial charge in [-0.3, -0.25) is 14.6 Å². The van der Waals surface area contributed by atoms with Crippen LogP contribution in [0.2, 0.25) is 0 Å². The lowest BCUT2D eigenvalue weighted by Gasteiger charge is -2.29. The molecule has 2 saturated heterocycles. The first-order valence-electron chi connectivity index (χ1n) is 9.30. The third kappa shape index (κ3) is 3.68. The number of pyridine rings is 1. The maximum atomic E-state index is 12.5. The average molecular weight is 343 g/mol. The molecular formula is C19H25N3O3. The van der Waals surface area contributed by atoms with Gasteiger partial charge >= 0.3 is 0 Å². The van der Waals surface area contributed by atoms with Crippen LogP contribution >= 0.6 is 0 Å². The summed E-state index contributed by atoms with van der Waals surface area (Å²) in [5, 5.41) is 3.12. The molecule has 1 aromatic heterocycles. The van der Waals surface area contributed by atoms with Gasteiger partial charge < -0.3 is 15.0 Å². The standard InChI is InChI=1S/C19H25N3O3/c23-17(6-3-13-7-9-25-12-13)21-16-10-18(24)22(15-4-5-15)19(16)14-2-1-8-20-11-14/h1-2,8,11,13,15-16,19H,3-7,9-10,12H2,(H,21,23)/t13-,16+,19-/m0/s1. The number of likely N-dealkylation sites (tertiary alicyclic amines) is 1. The number of nitrogens with zero attached hydrogens (tertiary/aromatic N) is 2. The van der Waals surface area contributed by atoms with Gasteiger partial charge in [0.1, 0.15) is 0 Å². The number of hydrogen-bond donors (Lipinski definition) is 1. The van der Waals surface area contributed by atoms with Crippen LogP contribution in [0.25, 0.3) is 0 Å². The minimum Gasteiger partial charge on any atom is -0.381 e. The van der Waals surface area contributed by atoms with E-state index in [-0.39, 0.29) is 23.9 Å². The lowest BCUT2D eigenvalue weighted by atomic mass is 10.00. The summed E-state index contributed by atoms with van der Waals surface area (Å²) in [6.07, 6.45) is 8.46. The summed E-state index contributed by atoms with van der Waals surface area (Å²) in [6, 6.07) is 3.97. The summed E-state index contributed by atoms with van der Waals surface area (Å²) in [4.78, 5) is 31.2. The second kappa shape index (κ2) is 7.12. The van der Waals surface area contributed by atoms with E-state index in [1.165, 1.54) is 0 Å². The van der Waals surface area contributed by atoms with Crippen molar-refractivity contribution in [1.82, 2.24) is 15.2 Å². The lowest BCUT2D eigenvalue weighted by molar-refractivity contribution is -0.129. The van der Waals surface area contributed by atoms with E-state index >= 15 is 0 Å². The molecule has 6 nitrogen and oxygen atoms in total. The zero-order chi connectivity index (χ0) is 17.2. The molecule has 0 bridgehead atoms. The molecule has 0 aromatic carbocycles. The highest BCUT2D eigenvalue weighted by Gasteiger charge is 2.47. The SMILES string of the molecule is O=C(CC[C@H]1CCOC1)N[C@@H]1CC(=O)N(C2CC2)[C@H]1c1cccnc1. The molecule has 1 saturated carbocycles. The summed E-state index contributed by atoms with van der Waals surface area (Å²) < 4.78 is 5.37. The number of rotatable bonds is 6. The van der Waals surface area contributed by atoms with Crippen molar-refractivity contribution in [3.8, 4) is 0 Å². The fraction of sp³-hybridized carbons (Fsp3) is 0.632. The normalized spacial score (nSPS) is 29.2. The van der Waals surface area contributed by atoms with E-state index in [1.807, 2.05) is 23.2 Å². The van der Waals surface area contributed by atoms with Crippen molar-refractivity contribution < 1.29 is 14.3 Å². The summed E-state index contributed by atoms with van der Waals surface area (Å²) in [5.74, 6) is 0.676. The first-order chi connectivity index (χ1) is 12.2. The van der Waals surface area contributed by atoms with E-state index in [1.54, 1.807) is 6.20 Å². The van der Waals surface area contributed by atoms with Crippen LogP contribution in [0.4, 0.5) is 0 Å². The van der Waals surface area contributed by atoms with Gasteiger partial charge in [-0.15, -0.1) is 0 Å². The molecule has 3 atom stereocenters. The number of carbonyl (C=O) groups excluding carboxylic acids is 2. The minimum absolute atomic E-state index is 0.0382. The van der Waals surface area contributed by atoms with Crippen molar-refractivity contribution in [2.45, 2.75) is 56.7 Å². The molecule has 0 radical (unpaired) electrons. The van der Waals surface area contributed by atoms with Crippen molar-refractivity contribution in [1.29, 1.82) is 0 Å². The van der Waals surface area contributed by atoms with Gasteiger partial charge in [-0.25, -0.2) is 0 Å². The van der Waals surface area contributed by atoms with Crippen molar-refractivity contribution in [3.05, 3.63) is 30.1 Å². The Labute approximate surface area is 147 Å². The average Bonchev–Trinajstić information content (AvgIpc) is 3.21. The highest BCUT2D eigenvalue weighted by Crippen LogP contribution is 2.41. The van der Waals surface area contributed by atoms with Gasteiger partial charge in [-0.2, -0.15) is 0 Å². The lowest BCUT2D eigenvalue weighted by Crippen LogP contribution is -2.40. The van der Waals surface area contributed by atoms with Gasteiger partial charge in [-0.1, -0.05) is 6.07 Å². The Hall–Kier alpha value is -1.95. The van der Waals surface area contributed by atoms with Crippen LogP contribution in [0.5, 0.6) is 0 Å². The van der Waals surface area contributed by atoms with Crippen LogP contribution in [0.15, 0.2) is 24.5 Å². The molecule has 1 aliphatic carbocycles. The predicted octanol–water partition coefficient (Wildman–Crippen LogP) is 1.82. The maximum Gasteiger partial charge on any atom is 0.225 e. The second-order valence-electron chi connectivity index (χ2n) is 7.41. The van der Waals surface area contributed by atoms with Crippen LogP contribution in [0, 0.1) is 5.92 Å². The third-order valence-electron chi connectivity index (χ3n) is 5.48. The highest BCUT2D eigenvalue weighted by atomic mass is 16.5. The van der Waals surface area contributed by atoms with E-state index in [0.29, 0.717) is 24.8 Å². The molecule has 2 aliphatic heterocycles. The Balaban J connectivity index is 1.43.